The molecule has 33 heavy (non-hydrogen) atoms. The van der Waals surface area contributed by atoms with Gasteiger partial charge in [-0.3, -0.25) is 4.79 Å². The first-order valence-electron chi connectivity index (χ1n) is 11.2. The zero-order valence-electron chi connectivity index (χ0n) is 18.6. The van der Waals surface area contributed by atoms with Gasteiger partial charge in [0, 0.05) is 36.8 Å². The minimum Gasteiger partial charge on any atom is -0.504 e. The van der Waals surface area contributed by atoms with Crippen LogP contribution in [0.3, 0.4) is 0 Å². The Labute approximate surface area is 192 Å². The van der Waals surface area contributed by atoms with Crippen LogP contribution in [0.5, 0.6) is 23.0 Å². The number of carbonyl (C=O) groups is 1. The van der Waals surface area contributed by atoms with Crippen LogP contribution in [0.1, 0.15) is 53.5 Å². The van der Waals surface area contributed by atoms with Crippen molar-refractivity contribution in [2.75, 3.05) is 7.11 Å². The lowest BCUT2D eigenvalue weighted by atomic mass is 9.91. The third-order valence-corrected chi connectivity index (χ3v) is 6.23. The van der Waals surface area contributed by atoms with Crippen LogP contribution in [0.25, 0.3) is 0 Å². The zero-order chi connectivity index (χ0) is 23.5. The molecule has 0 fully saturated rings. The number of phenolic OH excluding ortho intramolecular Hbond substituents is 2. The molecule has 0 amide bonds. The summed E-state index contributed by atoms with van der Waals surface area (Å²) >= 11 is 0. The topological polar surface area (TPSA) is 116 Å². The molecule has 1 heterocycles. The predicted octanol–water partition coefficient (Wildman–Crippen LogP) is 2.54. The van der Waals surface area contributed by atoms with Crippen molar-refractivity contribution in [3.8, 4) is 34.8 Å². The van der Waals surface area contributed by atoms with Crippen LogP contribution in [0.15, 0.2) is 18.2 Å². The van der Waals surface area contributed by atoms with E-state index in [4.69, 9.17) is 9.47 Å². The van der Waals surface area contributed by atoms with Gasteiger partial charge >= 0.3 is 0 Å². The number of Topliss-reactive ketones (excluding diaryl/α,β-unsaturated/α-hetero) is 1. The molecule has 0 saturated carbocycles. The quantitative estimate of drug-likeness (QED) is 0.492. The molecule has 0 aromatic heterocycles. The third kappa shape index (κ3) is 4.92. The summed E-state index contributed by atoms with van der Waals surface area (Å²) in [5, 5.41) is 41.4. The molecular formula is C26H28O7. The number of aliphatic hydroxyl groups excluding tert-OH is 2. The Hall–Kier alpha value is -3.21. The third-order valence-electron chi connectivity index (χ3n) is 6.23. The summed E-state index contributed by atoms with van der Waals surface area (Å²) in [6, 6.07) is 5.09. The zero-order valence-corrected chi connectivity index (χ0v) is 18.6. The number of methoxy groups -OCH3 is 1. The van der Waals surface area contributed by atoms with Crippen molar-refractivity contribution < 1.29 is 34.7 Å². The molecule has 2 aromatic rings. The Morgan fingerprint density at radius 1 is 1.03 bits per heavy atom. The van der Waals surface area contributed by atoms with Crippen LogP contribution in [0.4, 0.5) is 0 Å². The van der Waals surface area contributed by atoms with E-state index in [0.29, 0.717) is 43.2 Å². The van der Waals surface area contributed by atoms with Gasteiger partial charge in [0.1, 0.15) is 5.78 Å². The number of carbonyl (C=O) groups excluding carboxylic acids is 1. The first kappa shape index (κ1) is 23.0. The van der Waals surface area contributed by atoms with Crippen molar-refractivity contribution in [2.45, 2.75) is 63.8 Å². The average molecular weight is 453 g/mol. The maximum Gasteiger partial charge on any atom is 0.197 e. The lowest BCUT2D eigenvalue weighted by Gasteiger charge is -2.26. The highest BCUT2D eigenvalue weighted by atomic mass is 16.6. The number of benzene rings is 2. The number of aliphatic hydroxyl groups is 2. The van der Waals surface area contributed by atoms with Crippen molar-refractivity contribution in [3.05, 3.63) is 46.0 Å². The molecule has 0 saturated heterocycles. The van der Waals surface area contributed by atoms with Crippen molar-refractivity contribution in [3.63, 3.8) is 0 Å². The van der Waals surface area contributed by atoms with Gasteiger partial charge in [-0.1, -0.05) is 24.0 Å². The fourth-order valence-electron chi connectivity index (χ4n) is 4.48. The van der Waals surface area contributed by atoms with Gasteiger partial charge in [0.2, 0.25) is 0 Å². The molecule has 7 nitrogen and oxygen atoms in total. The van der Waals surface area contributed by atoms with E-state index in [9.17, 15) is 25.2 Å². The van der Waals surface area contributed by atoms with E-state index < -0.39 is 12.4 Å². The van der Waals surface area contributed by atoms with Crippen LogP contribution in [0.2, 0.25) is 0 Å². The van der Waals surface area contributed by atoms with E-state index in [2.05, 4.69) is 11.8 Å². The second-order valence-corrected chi connectivity index (χ2v) is 8.53. The van der Waals surface area contributed by atoms with E-state index in [1.807, 2.05) is 6.07 Å². The normalized spacial score (nSPS) is 20.8. The van der Waals surface area contributed by atoms with Crippen molar-refractivity contribution in [2.24, 2.45) is 0 Å². The lowest BCUT2D eigenvalue weighted by molar-refractivity contribution is -0.121. The fraction of sp³-hybridized carbons (Fsp3) is 0.423. The smallest absolute Gasteiger partial charge is 0.197 e. The van der Waals surface area contributed by atoms with Gasteiger partial charge in [-0.2, -0.15) is 0 Å². The molecular weight excluding hydrogens is 424 g/mol. The molecule has 4 N–H and O–H groups in total. The number of ketones is 1. The first-order valence-corrected chi connectivity index (χ1v) is 11.2. The van der Waals surface area contributed by atoms with E-state index in [1.54, 1.807) is 6.07 Å². The highest BCUT2D eigenvalue weighted by Gasteiger charge is 2.26. The Morgan fingerprint density at radius 2 is 1.85 bits per heavy atom. The van der Waals surface area contributed by atoms with Gasteiger partial charge in [0.25, 0.3) is 0 Å². The largest absolute Gasteiger partial charge is 0.504 e. The maximum atomic E-state index is 12.5. The first-order chi connectivity index (χ1) is 15.9. The van der Waals surface area contributed by atoms with Crippen LogP contribution in [-0.2, 0) is 30.5 Å². The van der Waals surface area contributed by atoms with Crippen molar-refractivity contribution in [1.29, 1.82) is 0 Å². The maximum absolute atomic E-state index is 12.5. The number of aryl methyl sites for hydroxylation is 2. The Kier molecular flexibility index (Phi) is 6.77. The molecule has 0 spiro atoms. The molecule has 2 atom stereocenters. The Morgan fingerprint density at radius 3 is 2.64 bits per heavy atom. The number of ether oxygens (including phenoxy) is 2. The number of hydrogen-bond donors (Lipinski definition) is 4. The van der Waals surface area contributed by atoms with Gasteiger partial charge < -0.3 is 29.9 Å². The number of phenols is 2. The molecule has 2 unspecified atom stereocenters. The van der Waals surface area contributed by atoms with E-state index in [0.717, 1.165) is 16.7 Å². The number of hydrogen-bond acceptors (Lipinski definition) is 7. The number of fused-ring (bicyclic) bond motifs is 5. The Balaban J connectivity index is 1.80. The summed E-state index contributed by atoms with van der Waals surface area (Å²) in [6.45, 7) is 0. The average Bonchev–Trinajstić information content (AvgIpc) is 2.79. The molecule has 2 bridgehead atoms. The summed E-state index contributed by atoms with van der Waals surface area (Å²) in [6.07, 6.45) is 1.01. The minimum atomic E-state index is -0.992. The minimum absolute atomic E-state index is 0.0495. The molecule has 4 rings (SSSR count). The number of rotatable bonds is 1. The van der Waals surface area contributed by atoms with Gasteiger partial charge in [-0.25, -0.2) is 0 Å². The van der Waals surface area contributed by atoms with Crippen LogP contribution < -0.4 is 9.47 Å². The summed E-state index contributed by atoms with van der Waals surface area (Å²) in [7, 11) is 1.44. The predicted molar refractivity (Wildman–Crippen MR) is 121 cm³/mol. The van der Waals surface area contributed by atoms with Gasteiger partial charge in [-0.05, 0) is 42.9 Å². The number of aromatic hydroxyl groups is 2. The molecule has 2 aliphatic rings. The van der Waals surface area contributed by atoms with Gasteiger partial charge in [0.15, 0.2) is 29.3 Å². The highest BCUT2D eigenvalue weighted by molar-refractivity contribution is 5.79. The standard InChI is InChI=1S/C26H28O7/c1-32-25-20-4-2-3-17-13-16(21-10-12-23(30)33-26(21)24(17)31)6-9-19(28)14-18(27)8-5-15(20)7-11-22(25)29/h7,11,13,19,23,28-31H,3,5-6,8-10,12,14H2,1H3. The lowest BCUT2D eigenvalue weighted by Crippen LogP contribution is -2.23. The second kappa shape index (κ2) is 9.74. The van der Waals surface area contributed by atoms with E-state index in [1.165, 1.54) is 13.2 Å². The van der Waals surface area contributed by atoms with Crippen LogP contribution in [0, 0.1) is 11.8 Å². The van der Waals surface area contributed by atoms with Gasteiger partial charge in [0.05, 0.1) is 18.8 Å². The monoisotopic (exact) mass is 452 g/mol. The molecule has 1 aliphatic carbocycles. The summed E-state index contributed by atoms with van der Waals surface area (Å²) in [5.74, 6) is 6.43. The SMILES string of the molecule is COc1c(O)ccc2c1C#CCc1cc(c3c(c1O)OC(O)CC3)CCC(O)CC(=O)CC2. The van der Waals surface area contributed by atoms with Crippen molar-refractivity contribution in [1.82, 2.24) is 0 Å². The molecule has 7 heteroatoms. The second-order valence-electron chi connectivity index (χ2n) is 8.53. The van der Waals surface area contributed by atoms with E-state index >= 15 is 0 Å². The molecule has 174 valence electrons. The fourth-order valence-corrected chi connectivity index (χ4v) is 4.48. The van der Waals surface area contributed by atoms with E-state index in [-0.39, 0.29) is 48.0 Å². The molecule has 1 aliphatic heterocycles. The summed E-state index contributed by atoms with van der Waals surface area (Å²) < 4.78 is 10.9. The summed E-state index contributed by atoms with van der Waals surface area (Å²) in [4.78, 5) is 12.5. The molecule has 2 aromatic carbocycles. The summed E-state index contributed by atoms with van der Waals surface area (Å²) in [5.41, 5.74) is 3.52. The van der Waals surface area contributed by atoms with Crippen LogP contribution >= 0.6 is 0 Å². The van der Waals surface area contributed by atoms with Gasteiger partial charge in [-0.15, -0.1) is 0 Å². The van der Waals surface area contributed by atoms with Crippen molar-refractivity contribution >= 4 is 5.78 Å². The molecule has 0 radical (unpaired) electrons. The highest BCUT2D eigenvalue weighted by Crippen LogP contribution is 2.41. The van der Waals surface area contributed by atoms with Crippen LogP contribution in [-0.4, -0.2) is 45.7 Å². The Bertz CT molecular complexity index is 1130.